The van der Waals surface area contributed by atoms with Crippen LogP contribution in [0.25, 0.3) is 0 Å². The SMILES string of the molecule is Fc1cc(CNCc2cc(Br)cc3c2OCC3)ccc1Br. The van der Waals surface area contributed by atoms with E-state index in [0.29, 0.717) is 17.6 Å². The van der Waals surface area contributed by atoms with Crippen LogP contribution in [0.1, 0.15) is 16.7 Å². The summed E-state index contributed by atoms with van der Waals surface area (Å²) in [7, 11) is 0. The molecule has 0 radical (unpaired) electrons. The van der Waals surface area contributed by atoms with Gasteiger partial charge in [-0.1, -0.05) is 22.0 Å². The van der Waals surface area contributed by atoms with Crippen LogP contribution < -0.4 is 10.1 Å². The highest BCUT2D eigenvalue weighted by Gasteiger charge is 2.17. The highest BCUT2D eigenvalue weighted by molar-refractivity contribution is 9.10. The second-order valence-electron chi connectivity index (χ2n) is 5.00. The number of nitrogens with one attached hydrogen (secondary N) is 1. The van der Waals surface area contributed by atoms with E-state index in [4.69, 9.17) is 4.74 Å². The number of hydrogen-bond donors (Lipinski definition) is 1. The van der Waals surface area contributed by atoms with Crippen LogP contribution in [0.5, 0.6) is 5.75 Å². The zero-order valence-corrected chi connectivity index (χ0v) is 14.4. The van der Waals surface area contributed by atoms with Gasteiger partial charge in [-0.2, -0.15) is 0 Å². The van der Waals surface area contributed by atoms with Gasteiger partial charge < -0.3 is 10.1 Å². The summed E-state index contributed by atoms with van der Waals surface area (Å²) < 4.78 is 20.7. The highest BCUT2D eigenvalue weighted by Crippen LogP contribution is 2.32. The molecule has 0 aliphatic carbocycles. The van der Waals surface area contributed by atoms with Crippen molar-refractivity contribution in [2.75, 3.05) is 6.61 Å². The Morgan fingerprint density at radius 2 is 2.00 bits per heavy atom. The van der Waals surface area contributed by atoms with Gasteiger partial charge in [-0.25, -0.2) is 4.39 Å². The van der Waals surface area contributed by atoms with Crippen molar-refractivity contribution < 1.29 is 9.13 Å². The van der Waals surface area contributed by atoms with Gasteiger partial charge in [0.15, 0.2) is 0 Å². The van der Waals surface area contributed by atoms with E-state index in [1.165, 1.54) is 5.56 Å². The van der Waals surface area contributed by atoms with Gasteiger partial charge in [-0.05, 0) is 51.3 Å². The fourth-order valence-electron chi connectivity index (χ4n) is 2.47. The van der Waals surface area contributed by atoms with Gasteiger partial charge in [-0.15, -0.1) is 0 Å². The third-order valence-corrected chi connectivity index (χ3v) is 4.55. The fourth-order valence-corrected chi connectivity index (χ4v) is 3.27. The lowest BCUT2D eigenvalue weighted by Crippen LogP contribution is -2.13. The Morgan fingerprint density at radius 1 is 1.14 bits per heavy atom. The van der Waals surface area contributed by atoms with Crippen LogP contribution in [0.15, 0.2) is 39.3 Å². The molecule has 0 saturated carbocycles. The van der Waals surface area contributed by atoms with Gasteiger partial charge in [0.05, 0.1) is 11.1 Å². The summed E-state index contributed by atoms with van der Waals surface area (Å²) in [5.41, 5.74) is 3.30. The van der Waals surface area contributed by atoms with Gasteiger partial charge in [0.25, 0.3) is 0 Å². The Labute approximate surface area is 140 Å². The molecule has 0 aromatic heterocycles. The van der Waals surface area contributed by atoms with E-state index in [0.717, 1.165) is 34.4 Å². The molecule has 1 heterocycles. The summed E-state index contributed by atoms with van der Waals surface area (Å²) in [6.07, 6.45) is 0.958. The maximum Gasteiger partial charge on any atom is 0.137 e. The van der Waals surface area contributed by atoms with Crippen LogP contribution in [-0.2, 0) is 19.5 Å². The molecule has 2 aromatic rings. The van der Waals surface area contributed by atoms with E-state index >= 15 is 0 Å². The molecule has 1 aliphatic rings. The van der Waals surface area contributed by atoms with E-state index in [-0.39, 0.29) is 5.82 Å². The number of rotatable bonds is 4. The van der Waals surface area contributed by atoms with E-state index in [1.807, 2.05) is 6.07 Å². The molecule has 3 rings (SSSR count). The predicted octanol–water partition coefficient (Wildman–Crippen LogP) is 4.58. The molecule has 0 amide bonds. The maximum atomic E-state index is 13.5. The van der Waals surface area contributed by atoms with Crippen molar-refractivity contribution in [3.05, 3.63) is 61.8 Å². The van der Waals surface area contributed by atoms with Crippen molar-refractivity contribution in [3.63, 3.8) is 0 Å². The molecule has 0 atom stereocenters. The number of fused-ring (bicyclic) bond motifs is 1. The number of ether oxygens (including phenoxy) is 1. The monoisotopic (exact) mass is 413 g/mol. The molecule has 2 aromatic carbocycles. The van der Waals surface area contributed by atoms with E-state index in [1.54, 1.807) is 12.1 Å². The molecule has 1 aliphatic heterocycles. The topological polar surface area (TPSA) is 21.3 Å². The Kier molecular flexibility index (Phi) is 4.62. The lowest BCUT2D eigenvalue weighted by molar-refractivity contribution is 0.352. The Bertz CT molecular complexity index is 676. The molecule has 0 spiro atoms. The maximum absolute atomic E-state index is 13.5. The fraction of sp³-hybridized carbons (Fsp3) is 0.250. The Morgan fingerprint density at radius 3 is 2.81 bits per heavy atom. The number of halogens is 3. The molecule has 0 unspecified atom stereocenters. The van der Waals surface area contributed by atoms with Crippen molar-refractivity contribution in [3.8, 4) is 5.75 Å². The first kappa shape index (κ1) is 15.0. The van der Waals surface area contributed by atoms with Crippen molar-refractivity contribution in [1.29, 1.82) is 0 Å². The van der Waals surface area contributed by atoms with Crippen molar-refractivity contribution in [1.82, 2.24) is 5.32 Å². The van der Waals surface area contributed by atoms with Crippen molar-refractivity contribution in [2.24, 2.45) is 0 Å². The van der Waals surface area contributed by atoms with E-state index < -0.39 is 0 Å². The average molecular weight is 415 g/mol. The first-order valence-corrected chi connectivity index (χ1v) is 8.31. The van der Waals surface area contributed by atoms with Crippen LogP contribution in [0, 0.1) is 5.82 Å². The molecule has 5 heteroatoms. The second-order valence-corrected chi connectivity index (χ2v) is 6.77. The van der Waals surface area contributed by atoms with E-state index in [9.17, 15) is 4.39 Å². The minimum atomic E-state index is -0.235. The minimum absolute atomic E-state index is 0.235. The zero-order valence-electron chi connectivity index (χ0n) is 11.3. The largest absolute Gasteiger partial charge is 0.493 e. The molecule has 0 bridgehead atoms. The van der Waals surface area contributed by atoms with Gasteiger partial charge in [0.1, 0.15) is 11.6 Å². The van der Waals surface area contributed by atoms with Crippen molar-refractivity contribution >= 4 is 31.9 Å². The molecule has 0 fully saturated rings. The quantitative estimate of drug-likeness (QED) is 0.790. The summed E-state index contributed by atoms with van der Waals surface area (Å²) in [6.45, 7) is 2.06. The summed E-state index contributed by atoms with van der Waals surface area (Å²) in [5, 5.41) is 3.34. The molecule has 110 valence electrons. The first-order chi connectivity index (χ1) is 10.1. The van der Waals surface area contributed by atoms with Crippen LogP contribution in [0.4, 0.5) is 4.39 Å². The highest BCUT2D eigenvalue weighted by atomic mass is 79.9. The lowest BCUT2D eigenvalue weighted by Gasteiger charge is -2.10. The zero-order chi connectivity index (χ0) is 14.8. The van der Waals surface area contributed by atoms with Crippen LogP contribution >= 0.6 is 31.9 Å². The first-order valence-electron chi connectivity index (χ1n) is 6.72. The summed E-state index contributed by atoms with van der Waals surface area (Å²) >= 11 is 6.69. The molecular formula is C16H14Br2FNO. The van der Waals surface area contributed by atoms with Gasteiger partial charge >= 0.3 is 0 Å². The second kappa shape index (κ2) is 6.46. The average Bonchev–Trinajstić information content (AvgIpc) is 2.91. The van der Waals surface area contributed by atoms with Crippen LogP contribution in [0.3, 0.4) is 0 Å². The predicted molar refractivity (Wildman–Crippen MR) is 88.0 cm³/mol. The van der Waals surface area contributed by atoms with Crippen LogP contribution in [0.2, 0.25) is 0 Å². The number of hydrogen-bond acceptors (Lipinski definition) is 2. The lowest BCUT2D eigenvalue weighted by atomic mass is 10.1. The summed E-state index contributed by atoms with van der Waals surface area (Å²) in [5.74, 6) is 0.758. The van der Waals surface area contributed by atoms with Crippen LogP contribution in [-0.4, -0.2) is 6.61 Å². The van der Waals surface area contributed by atoms with Gasteiger partial charge in [0.2, 0.25) is 0 Å². The van der Waals surface area contributed by atoms with E-state index in [2.05, 4.69) is 49.3 Å². The molecule has 0 saturated heterocycles. The third-order valence-electron chi connectivity index (χ3n) is 3.45. The standard InChI is InChI=1S/C16H14Br2FNO/c17-13-6-11-3-4-21-16(11)12(7-13)9-20-8-10-1-2-14(18)15(19)5-10/h1-2,5-7,20H,3-4,8-9H2. The third kappa shape index (κ3) is 3.47. The normalized spacial score (nSPS) is 13.1. The smallest absolute Gasteiger partial charge is 0.137 e. The summed E-state index contributed by atoms with van der Waals surface area (Å²) in [6, 6.07) is 9.35. The Balaban J connectivity index is 1.67. The van der Waals surface area contributed by atoms with Crippen molar-refractivity contribution in [2.45, 2.75) is 19.5 Å². The minimum Gasteiger partial charge on any atom is -0.493 e. The van der Waals surface area contributed by atoms with Gasteiger partial charge in [0, 0.05) is 29.5 Å². The number of benzene rings is 2. The molecule has 2 nitrogen and oxygen atoms in total. The molecular weight excluding hydrogens is 401 g/mol. The van der Waals surface area contributed by atoms with Gasteiger partial charge in [-0.3, -0.25) is 0 Å². The summed E-state index contributed by atoms with van der Waals surface area (Å²) in [4.78, 5) is 0. The molecule has 21 heavy (non-hydrogen) atoms. The molecule has 1 N–H and O–H groups in total. The Hall–Kier alpha value is -0.910.